The number of aromatic nitrogens is 2. The molecule has 1 saturated heterocycles. The highest BCUT2D eigenvalue weighted by molar-refractivity contribution is 8.18. The normalized spacial score (nSPS) is 15.0. The number of nitrogens with one attached hydrogen (secondary N) is 1. The van der Waals surface area contributed by atoms with Gasteiger partial charge in [-0.25, -0.2) is 4.68 Å². The third-order valence-corrected chi connectivity index (χ3v) is 5.66. The van der Waals surface area contributed by atoms with Crippen LogP contribution < -0.4 is 5.32 Å². The number of rotatable bonds is 6. The molecule has 0 bridgehead atoms. The molecular formula is C22H17ClN4O3S. The Bertz CT molecular complexity index is 1160. The number of thioether (sulfide) groups is 1. The van der Waals surface area contributed by atoms with Crippen molar-refractivity contribution in [2.75, 3.05) is 13.1 Å². The molecule has 2 aromatic carbocycles. The van der Waals surface area contributed by atoms with Gasteiger partial charge in [-0.3, -0.25) is 19.3 Å². The zero-order valence-corrected chi connectivity index (χ0v) is 17.8. The lowest BCUT2D eigenvalue weighted by Crippen LogP contribution is -2.37. The second-order valence-corrected chi connectivity index (χ2v) is 8.05. The summed E-state index contributed by atoms with van der Waals surface area (Å²) in [5, 5.41) is 7.18. The lowest BCUT2D eigenvalue weighted by molar-refractivity contribution is -0.122. The first-order valence-corrected chi connectivity index (χ1v) is 10.6. The van der Waals surface area contributed by atoms with Crippen molar-refractivity contribution in [3.05, 3.63) is 88.0 Å². The molecule has 156 valence electrons. The summed E-state index contributed by atoms with van der Waals surface area (Å²) in [7, 11) is 0. The maximum atomic E-state index is 12.6. The van der Waals surface area contributed by atoms with Crippen molar-refractivity contribution in [2.24, 2.45) is 0 Å². The Morgan fingerprint density at radius 3 is 2.55 bits per heavy atom. The van der Waals surface area contributed by atoms with Gasteiger partial charge in [-0.2, -0.15) is 5.10 Å². The van der Waals surface area contributed by atoms with Gasteiger partial charge < -0.3 is 5.32 Å². The van der Waals surface area contributed by atoms with Crippen LogP contribution in [0.1, 0.15) is 16.1 Å². The van der Waals surface area contributed by atoms with E-state index in [1.807, 2.05) is 30.3 Å². The number of hydrogen-bond donors (Lipinski definition) is 1. The van der Waals surface area contributed by atoms with Crippen LogP contribution in [0.4, 0.5) is 4.79 Å². The highest BCUT2D eigenvalue weighted by Crippen LogP contribution is 2.32. The second-order valence-electron chi connectivity index (χ2n) is 6.62. The Morgan fingerprint density at radius 1 is 1.06 bits per heavy atom. The van der Waals surface area contributed by atoms with Crippen LogP contribution in [0.15, 0.2) is 71.8 Å². The molecule has 31 heavy (non-hydrogen) atoms. The van der Waals surface area contributed by atoms with Gasteiger partial charge in [0.1, 0.15) is 0 Å². The molecule has 1 N–H and O–H groups in total. The van der Waals surface area contributed by atoms with Crippen molar-refractivity contribution in [2.45, 2.75) is 0 Å². The van der Waals surface area contributed by atoms with E-state index >= 15 is 0 Å². The summed E-state index contributed by atoms with van der Waals surface area (Å²) in [6, 6.07) is 18.0. The third-order valence-electron chi connectivity index (χ3n) is 4.50. The van der Waals surface area contributed by atoms with E-state index in [0.29, 0.717) is 9.93 Å². The van der Waals surface area contributed by atoms with E-state index in [-0.39, 0.29) is 35.8 Å². The van der Waals surface area contributed by atoms with Gasteiger partial charge in [0.15, 0.2) is 5.69 Å². The van der Waals surface area contributed by atoms with E-state index in [1.54, 1.807) is 47.3 Å². The fourth-order valence-corrected chi connectivity index (χ4v) is 3.94. The first-order valence-electron chi connectivity index (χ1n) is 9.41. The summed E-state index contributed by atoms with van der Waals surface area (Å²) in [5.41, 5.74) is 1.87. The van der Waals surface area contributed by atoms with E-state index in [4.69, 9.17) is 11.6 Å². The van der Waals surface area contributed by atoms with E-state index in [2.05, 4.69) is 10.4 Å². The average Bonchev–Trinajstić information content (AvgIpc) is 3.37. The number of hydrogen-bond acceptors (Lipinski definition) is 5. The molecule has 1 aliphatic rings. The van der Waals surface area contributed by atoms with Gasteiger partial charge in [-0.15, -0.1) is 0 Å². The molecule has 0 spiro atoms. The number of carbonyl (C=O) groups excluding carboxylic acids is 3. The molecule has 1 aliphatic heterocycles. The number of para-hydroxylation sites is 1. The Kier molecular flexibility index (Phi) is 6.20. The molecule has 7 nitrogen and oxygen atoms in total. The predicted octanol–water partition coefficient (Wildman–Crippen LogP) is 3.99. The summed E-state index contributed by atoms with van der Waals surface area (Å²) >= 11 is 6.74. The summed E-state index contributed by atoms with van der Waals surface area (Å²) in [5.74, 6) is -0.758. The standard InChI is InChI=1S/C22H17ClN4O3S/c23-16-8-6-15(7-9-16)14-19-21(29)26(22(30)31-19)13-11-24-20(28)18-10-12-27(25-18)17-4-2-1-3-5-17/h1-10,12,14H,11,13H2,(H,24,28)/b19-14-. The minimum absolute atomic E-state index is 0.0771. The number of halogens is 1. The zero-order chi connectivity index (χ0) is 21.8. The monoisotopic (exact) mass is 452 g/mol. The first kappa shape index (κ1) is 20.9. The molecule has 0 saturated carbocycles. The van der Waals surface area contributed by atoms with Gasteiger partial charge in [-0.05, 0) is 53.7 Å². The average molecular weight is 453 g/mol. The van der Waals surface area contributed by atoms with Gasteiger partial charge in [-0.1, -0.05) is 41.9 Å². The van der Waals surface area contributed by atoms with Crippen LogP contribution in [0.25, 0.3) is 11.8 Å². The molecule has 2 heterocycles. The number of carbonyl (C=O) groups is 3. The van der Waals surface area contributed by atoms with Crippen LogP contribution >= 0.6 is 23.4 Å². The Hall–Kier alpha value is -3.36. The molecule has 9 heteroatoms. The molecule has 0 atom stereocenters. The molecule has 3 amide bonds. The molecule has 0 radical (unpaired) electrons. The van der Waals surface area contributed by atoms with Crippen molar-refractivity contribution in [3.8, 4) is 5.69 Å². The van der Waals surface area contributed by atoms with E-state index in [0.717, 1.165) is 27.9 Å². The van der Waals surface area contributed by atoms with Crippen molar-refractivity contribution in [1.82, 2.24) is 20.0 Å². The molecule has 0 unspecified atom stereocenters. The Labute approximate surface area is 187 Å². The summed E-state index contributed by atoms with van der Waals surface area (Å²) in [4.78, 5) is 38.6. The number of amides is 3. The van der Waals surface area contributed by atoms with E-state index < -0.39 is 0 Å². The van der Waals surface area contributed by atoms with Crippen LogP contribution in [-0.4, -0.2) is 44.8 Å². The Morgan fingerprint density at radius 2 is 1.81 bits per heavy atom. The van der Waals surface area contributed by atoms with Crippen molar-refractivity contribution < 1.29 is 14.4 Å². The van der Waals surface area contributed by atoms with Gasteiger partial charge in [0.25, 0.3) is 17.1 Å². The smallest absolute Gasteiger partial charge is 0.293 e. The highest BCUT2D eigenvalue weighted by atomic mass is 35.5. The van der Waals surface area contributed by atoms with Crippen molar-refractivity contribution >= 4 is 46.5 Å². The van der Waals surface area contributed by atoms with Crippen LogP contribution in [0, 0.1) is 0 Å². The molecule has 1 fully saturated rings. The molecule has 4 rings (SSSR count). The van der Waals surface area contributed by atoms with E-state index in [9.17, 15) is 14.4 Å². The highest BCUT2D eigenvalue weighted by Gasteiger charge is 2.34. The lowest BCUT2D eigenvalue weighted by Gasteiger charge is -2.12. The predicted molar refractivity (Wildman–Crippen MR) is 120 cm³/mol. The Balaban J connectivity index is 1.33. The molecule has 0 aliphatic carbocycles. The second kappa shape index (κ2) is 9.20. The fraction of sp³-hybridized carbons (Fsp3) is 0.0909. The van der Waals surface area contributed by atoms with Gasteiger partial charge in [0, 0.05) is 24.3 Å². The molecular weight excluding hydrogens is 436 g/mol. The van der Waals surface area contributed by atoms with Gasteiger partial charge in [0.2, 0.25) is 0 Å². The topological polar surface area (TPSA) is 84.3 Å². The summed E-state index contributed by atoms with van der Waals surface area (Å²) in [6.45, 7) is 0.205. The third kappa shape index (κ3) is 4.87. The SMILES string of the molecule is O=C(NCCN1C(=O)S/C(=C\c2ccc(Cl)cc2)C1=O)c1ccn(-c2ccccc2)n1. The minimum atomic E-state index is -0.382. The molecule has 3 aromatic rings. The maximum Gasteiger partial charge on any atom is 0.293 e. The van der Waals surface area contributed by atoms with Crippen molar-refractivity contribution in [1.29, 1.82) is 0 Å². The number of nitrogens with zero attached hydrogens (tertiary/aromatic N) is 3. The van der Waals surface area contributed by atoms with Crippen LogP contribution in [-0.2, 0) is 4.79 Å². The summed E-state index contributed by atoms with van der Waals surface area (Å²) in [6.07, 6.45) is 3.35. The van der Waals surface area contributed by atoms with Gasteiger partial charge >= 0.3 is 0 Å². The van der Waals surface area contributed by atoms with Crippen LogP contribution in [0.3, 0.4) is 0 Å². The number of imide groups is 1. The first-order chi connectivity index (χ1) is 15.0. The molecule has 1 aromatic heterocycles. The van der Waals surface area contributed by atoms with E-state index in [1.165, 1.54) is 0 Å². The summed E-state index contributed by atoms with van der Waals surface area (Å²) < 4.78 is 1.60. The van der Waals surface area contributed by atoms with Crippen LogP contribution in [0.5, 0.6) is 0 Å². The van der Waals surface area contributed by atoms with Crippen LogP contribution in [0.2, 0.25) is 5.02 Å². The van der Waals surface area contributed by atoms with Gasteiger partial charge in [0.05, 0.1) is 10.6 Å². The maximum absolute atomic E-state index is 12.6. The minimum Gasteiger partial charge on any atom is -0.349 e. The van der Waals surface area contributed by atoms with Crippen molar-refractivity contribution in [3.63, 3.8) is 0 Å². The largest absolute Gasteiger partial charge is 0.349 e. The lowest BCUT2D eigenvalue weighted by atomic mass is 10.2. The quantitative estimate of drug-likeness (QED) is 0.571. The number of benzene rings is 2. The fourth-order valence-electron chi connectivity index (χ4n) is 2.94. The zero-order valence-electron chi connectivity index (χ0n) is 16.2.